The minimum Gasteiger partial charge on any atom is -0.395 e. The molecule has 0 aromatic carbocycles. The van der Waals surface area contributed by atoms with Crippen molar-refractivity contribution in [3.05, 3.63) is 17.3 Å². The van der Waals surface area contributed by atoms with Crippen LogP contribution >= 0.6 is 0 Å². The number of aliphatic hydroxyl groups is 1. The third-order valence-electron chi connectivity index (χ3n) is 1.72. The van der Waals surface area contributed by atoms with Gasteiger partial charge in [0.25, 0.3) is 0 Å². The average Bonchev–Trinajstić information content (AvgIpc) is 2.13. The molecule has 0 aliphatic carbocycles. The summed E-state index contributed by atoms with van der Waals surface area (Å²) in [6, 6.07) is 0. The van der Waals surface area contributed by atoms with Crippen molar-refractivity contribution < 1.29 is 5.11 Å². The summed E-state index contributed by atoms with van der Waals surface area (Å²) >= 11 is 0. The fraction of sp³-hybridized carbons (Fsp3) is 0.222. The minimum atomic E-state index is -0.177. The molecule has 5 N–H and O–H groups in total. The largest absolute Gasteiger partial charge is 0.395 e. The Labute approximate surface area is 76.6 Å². The van der Waals surface area contributed by atoms with Gasteiger partial charge in [0, 0.05) is 11.8 Å². The molecule has 0 unspecified atom stereocenters. The summed E-state index contributed by atoms with van der Waals surface area (Å²) in [5.74, 6) is 5.57. The molecule has 4 heteroatoms. The SMILES string of the molecule is Cc1c(C#CCO)cnc(N)c1N. The van der Waals surface area contributed by atoms with E-state index in [0.717, 1.165) is 5.56 Å². The molecular weight excluding hydrogens is 166 g/mol. The zero-order chi connectivity index (χ0) is 9.84. The number of aliphatic hydroxyl groups excluding tert-OH is 1. The third kappa shape index (κ3) is 1.89. The van der Waals surface area contributed by atoms with Gasteiger partial charge < -0.3 is 16.6 Å². The Balaban J connectivity index is 3.18. The van der Waals surface area contributed by atoms with Crippen molar-refractivity contribution in [2.24, 2.45) is 0 Å². The second-order valence-electron chi connectivity index (χ2n) is 2.56. The number of aromatic nitrogens is 1. The van der Waals surface area contributed by atoms with Crippen LogP contribution in [0.1, 0.15) is 11.1 Å². The monoisotopic (exact) mass is 177 g/mol. The van der Waals surface area contributed by atoms with Crippen LogP contribution in [-0.4, -0.2) is 16.7 Å². The first-order valence-corrected chi connectivity index (χ1v) is 3.77. The number of pyridine rings is 1. The van der Waals surface area contributed by atoms with E-state index in [0.29, 0.717) is 17.1 Å². The summed E-state index contributed by atoms with van der Waals surface area (Å²) in [5, 5.41) is 8.49. The molecule has 0 fully saturated rings. The quantitative estimate of drug-likeness (QED) is 0.483. The molecular formula is C9H11N3O. The second kappa shape index (κ2) is 3.78. The maximum Gasteiger partial charge on any atom is 0.146 e. The van der Waals surface area contributed by atoms with Crippen LogP contribution < -0.4 is 11.5 Å². The second-order valence-corrected chi connectivity index (χ2v) is 2.56. The van der Waals surface area contributed by atoms with Crippen LogP contribution in [0.5, 0.6) is 0 Å². The Hall–Kier alpha value is -1.73. The van der Waals surface area contributed by atoms with Crippen LogP contribution in [0.2, 0.25) is 0 Å². The number of nitrogens with two attached hydrogens (primary N) is 2. The molecule has 0 saturated heterocycles. The van der Waals surface area contributed by atoms with Gasteiger partial charge in [0.1, 0.15) is 12.4 Å². The molecule has 4 nitrogen and oxygen atoms in total. The fourth-order valence-corrected chi connectivity index (χ4v) is 0.898. The Morgan fingerprint density at radius 1 is 1.54 bits per heavy atom. The molecule has 1 heterocycles. The van der Waals surface area contributed by atoms with Gasteiger partial charge in [0.05, 0.1) is 5.69 Å². The van der Waals surface area contributed by atoms with E-state index < -0.39 is 0 Å². The number of nitrogen functional groups attached to an aromatic ring is 2. The summed E-state index contributed by atoms with van der Waals surface area (Å²) in [7, 11) is 0. The normalized spacial score (nSPS) is 9.08. The molecule has 0 atom stereocenters. The molecule has 68 valence electrons. The maximum atomic E-state index is 8.49. The molecule has 1 aromatic rings. The van der Waals surface area contributed by atoms with Crippen LogP contribution in [0.25, 0.3) is 0 Å². The van der Waals surface area contributed by atoms with E-state index in [2.05, 4.69) is 16.8 Å². The van der Waals surface area contributed by atoms with E-state index >= 15 is 0 Å². The first-order chi connectivity index (χ1) is 6.16. The van der Waals surface area contributed by atoms with E-state index in [-0.39, 0.29) is 6.61 Å². The van der Waals surface area contributed by atoms with Gasteiger partial charge in [0.2, 0.25) is 0 Å². The Bertz CT molecular complexity index is 376. The lowest BCUT2D eigenvalue weighted by molar-refractivity contribution is 0.350. The summed E-state index contributed by atoms with van der Waals surface area (Å²) in [4.78, 5) is 3.86. The Morgan fingerprint density at radius 2 is 2.23 bits per heavy atom. The number of nitrogens with zero attached hydrogens (tertiary/aromatic N) is 1. The smallest absolute Gasteiger partial charge is 0.146 e. The zero-order valence-electron chi connectivity index (χ0n) is 7.33. The highest BCUT2D eigenvalue weighted by Crippen LogP contribution is 2.19. The third-order valence-corrected chi connectivity index (χ3v) is 1.72. The van der Waals surface area contributed by atoms with Gasteiger partial charge in [-0.2, -0.15) is 0 Å². The van der Waals surface area contributed by atoms with E-state index in [1.165, 1.54) is 0 Å². The van der Waals surface area contributed by atoms with Crippen LogP contribution in [0.3, 0.4) is 0 Å². The molecule has 1 rings (SSSR count). The van der Waals surface area contributed by atoms with Gasteiger partial charge >= 0.3 is 0 Å². The first-order valence-electron chi connectivity index (χ1n) is 3.77. The molecule has 0 amide bonds. The lowest BCUT2D eigenvalue weighted by atomic mass is 10.1. The highest BCUT2D eigenvalue weighted by molar-refractivity contribution is 5.66. The predicted molar refractivity (Wildman–Crippen MR) is 51.8 cm³/mol. The average molecular weight is 177 g/mol. The van der Waals surface area contributed by atoms with Crippen molar-refractivity contribution in [1.29, 1.82) is 0 Å². The van der Waals surface area contributed by atoms with Gasteiger partial charge in [0.15, 0.2) is 0 Å². The standard InChI is InChI=1S/C9H11N3O/c1-6-7(3-2-4-13)5-12-9(11)8(6)10/h5,13H,4,10H2,1H3,(H2,11,12). The van der Waals surface area contributed by atoms with Gasteiger partial charge in [-0.25, -0.2) is 4.98 Å². The minimum absolute atomic E-state index is 0.177. The van der Waals surface area contributed by atoms with Crippen LogP contribution in [-0.2, 0) is 0 Å². The number of hydrogen-bond acceptors (Lipinski definition) is 4. The Kier molecular flexibility index (Phi) is 2.72. The highest BCUT2D eigenvalue weighted by Gasteiger charge is 2.03. The van der Waals surface area contributed by atoms with E-state index in [9.17, 15) is 0 Å². The number of rotatable bonds is 0. The van der Waals surface area contributed by atoms with Crippen molar-refractivity contribution in [1.82, 2.24) is 4.98 Å². The van der Waals surface area contributed by atoms with Gasteiger partial charge in [-0.15, -0.1) is 0 Å². The number of anilines is 2. The molecule has 13 heavy (non-hydrogen) atoms. The molecule has 0 saturated carbocycles. The molecule has 0 aliphatic rings. The van der Waals surface area contributed by atoms with E-state index in [1.54, 1.807) is 6.20 Å². The highest BCUT2D eigenvalue weighted by atomic mass is 16.2. The molecule has 0 spiro atoms. The van der Waals surface area contributed by atoms with Crippen LogP contribution in [0.4, 0.5) is 11.5 Å². The van der Waals surface area contributed by atoms with Crippen LogP contribution in [0, 0.1) is 18.8 Å². The van der Waals surface area contributed by atoms with Crippen molar-refractivity contribution in [3.63, 3.8) is 0 Å². The van der Waals surface area contributed by atoms with E-state index in [1.807, 2.05) is 6.92 Å². The van der Waals surface area contributed by atoms with Gasteiger partial charge in [-0.3, -0.25) is 0 Å². The summed E-state index contributed by atoms with van der Waals surface area (Å²) in [6.07, 6.45) is 1.55. The van der Waals surface area contributed by atoms with Gasteiger partial charge in [-0.05, 0) is 12.5 Å². The summed E-state index contributed by atoms with van der Waals surface area (Å²) in [5.41, 5.74) is 13.1. The molecule has 0 bridgehead atoms. The molecule has 0 aliphatic heterocycles. The predicted octanol–water partition coefficient (Wildman–Crippen LogP) is -0.102. The first kappa shape index (κ1) is 9.36. The number of hydrogen-bond donors (Lipinski definition) is 3. The fourth-order valence-electron chi connectivity index (χ4n) is 0.898. The lowest BCUT2D eigenvalue weighted by Gasteiger charge is -2.04. The van der Waals surface area contributed by atoms with E-state index in [4.69, 9.17) is 16.6 Å². The van der Waals surface area contributed by atoms with Gasteiger partial charge in [-0.1, -0.05) is 11.8 Å². The van der Waals surface area contributed by atoms with Crippen molar-refractivity contribution in [3.8, 4) is 11.8 Å². The topological polar surface area (TPSA) is 85.2 Å². The molecule has 0 radical (unpaired) electrons. The zero-order valence-corrected chi connectivity index (χ0v) is 7.33. The summed E-state index contributed by atoms with van der Waals surface area (Å²) in [6.45, 7) is 1.64. The van der Waals surface area contributed by atoms with Crippen molar-refractivity contribution in [2.75, 3.05) is 18.1 Å². The maximum absolute atomic E-state index is 8.49. The Morgan fingerprint density at radius 3 is 2.85 bits per heavy atom. The van der Waals surface area contributed by atoms with Crippen molar-refractivity contribution in [2.45, 2.75) is 6.92 Å². The van der Waals surface area contributed by atoms with Crippen LogP contribution in [0.15, 0.2) is 6.20 Å². The summed E-state index contributed by atoms with van der Waals surface area (Å²) < 4.78 is 0. The lowest BCUT2D eigenvalue weighted by Crippen LogP contribution is -2.01. The van der Waals surface area contributed by atoms with Crippen molar-refractivity contribution >= 4 is 11.5 Å². The molecule has 1 aromatic heterocycles.